The van der Waals surface area contributed by atoms with E-state index in [9.17, 15) is 0 Å². The zero-order chi connectivity index (χ0) is 0. The van der Waals surface area contributed by atoms with Crippen LogP contribution in [-0.2, 0) is 52.1 Å². The Morgan fingerprint density at radius 1 is 0.750 bits per heavy atom. The van der Waals surface area contributed by atoms with Gasteiger partial charge in [-0.3, -0.25) is 0 Å². The molecular weight excluding hydrogens is 176 g/mol. The molecule has 0 saturated carbocycles. The molecule has 0 aliphatic rings. The van der Waals surface area contributed by atoms with Crippen molar-refractivity contribution in [2.75, 3.05) is 0 Å². The van der Waals surface area contributed by atoms with Crippen LogP contribution < -0.4 is 0 Å². The summed E-state index contributed by atoms with van der Waals surface area (Å²) in [5.74, 6) is 0. The third kappa shape index (κ3) is 8.89. The third-order valence-corrected chi connectivity index (χ3v) is 0. The topological polar surface area (TPSA) is 0 Å². The van der Waals surface area contributed by atoms with Crippen LogP contribution in [-0.4, -0.2) is 18.9 Å². The predicted octanol–water partition coefficient (Wildman–Crippen LogP) is -0.388. The van der Waals surface area contributed by atoms with Crippen LogP contribution in [0.5, 0.6) is 0 Å². The van der Waals surface area contributed by atoms with Crippen LogP contribution in [0.3, 0.4) is 0 Å². The van der Waals surface area contributed by atoms with Crippen LogP contribution >= 0.6 is 0 Å². The summed E-state index contributed by atoms with van der Waals surface area (Å²) < 4.78 is 0. The molecule has 0 atom stereocenters. The zero-order valence-electron chi connectivity index (χ0n) is 2.11. The van der Waals surface area contributed by atoms with Crippen molar-refractivity contribution in [1.82, 2.24) is 0 Å². The van der Waals surface area contributed by atoms with Crippen LogP contribution in [0.15, 0.2) is 0 Å². The molecule has 0 nitrogen and oxygen atoms in total. The molecule has 0 bridgehead atoms. The van der Waals surface area contributed by atoms with E-state index in [1.165, 1.54) is 0 Å². The van der Waals surface area contributed by atoms with Crippen molar-refractivity contribution in [3.8, 4) is 0 Å². The fourth-order valence-electron chi connectivity index (χ4n) is 0. The Bertz CT molecular complexity index is 6.00. The summed E-state index contributed by atoms with van der Waals surface area (Å²) in [6, 6.07) is 0. The normalized spacial score (nSPS) is 0. The Labute approximate surface area is 70.3 Å². The van der Waals surface area contributed by atoms with Crippen molar-refractivity contribution in [2.45, 2.75) is 0 Å². The molecule has 24 valence electrons. The van der Waals surface area contributed by atoms with Gasteiger partial charge in [-0.05, 0) is 0 Å². The molecule has 4 heteroatoms. The van der Waals surface area contributed by atoms with Gasteiger partial charge >= 0.3 is 0 Å². The van der Waals surface area contributed by atoms with E-state index in [4.69, 9.17) is 0 Å². The molecule has 0 aromatic rings. The standard InChI is InChI=1S/2Co.Li.V. The molecule has 0 rings (SSSR count). The molecule has 0 heterocycles. The Morgan fingerprint density at radius 2 is 0.750 bits per heavy atom. The minimum Gasteiger partial charge on any atom is 0 e. The maximum absolute atomic E-state index is 0. The first-order valence-electron chi connectivity index (χ1n) is 0. The van der Waals surface area contributed by atoms with Crippen molar-refractivity contribution in [3.63, 3.8) is 0 Å². The van der Waals surface area contributed by atoms with Gasteiger partial charge in [0.25, 0.3) is 0 Å². The number of hydrogen-bond donors (Lipinski definition) is 0. The largest absolute Gasteiger partial charge is 0 e. The second-order valence-electron chi connectivity index (χ2n) is 0. The van der Waals surface area contributed by atoms with E-state index in [2.05, 4.69) is 0 Å². The summed E-state index contributed by atoms with van der Waals surface area (Å²) in [7, 11) is 0. The first kappa shape index (κ1) is 34.7. The molecule has 0 aromatic carbocycles. The molecule has 4 heavy (non-hydrogen) atoms. The van der Waals surface area contributed by atoms with E-state index >= 15 is 0 Å². The molecule has 0 spiro atoms. The van der Waals surface area contributed by atoms with Gasteiger partial charge in [0.2, 0.25) is 0 Å². The van der Waals surface area contributed by atoms with Gasteiger partial charge < -0.3 is 0 Å². The van der Waals surface area contributed by atoms with E-state index in [0.29, 0.717) is 0 Å². The molecule has 0 fully saturated rings. The van der Waals surface area contributed by atoms with E-state index in [1.807, 2.05) is 0 Å². The SMILES string of the molecule is [Co].[Co].[Li].[V]. The molecule has 0 aliphatic heterocycles. The molecule has 0 unspecified atom stereocenters. The summed E-state index contributed by atoms with van der Waals surface area (Å²) in [6.07, 6.45) is 0. The van der Waals surface area contributed by atoms with Gasteiger partial charge in [-0.2, -0.15) is 0 Å². The Kier molecular flexibility index (Phi) is 165. The van der Waals surface area contributed by atoms with Gasteiger partial charge in [-0.25, -0.2) is 0 Å². The van der Waals surface area contributed by atoms with E-state index < -0.39 is 0 Å². The fraction of sp³-hybridized carbons (Fsp3) is 0. The average Bonchev–Trinajstić information content (AvgIpc) is 0. The smallest absolute Gasteiger partial charge is 0 e. The van der Waals surface area contributed by atoms with Gasteiger partial charge in [0, 0.05) is 71.0 Å². The second-order valence-corrected chi connectivity index (χ2v) is 0. The maximum atomic E-state index is 0. The first-order valence-corrected chi connectivity index (χ1v) is 0. The number of hydrogen-bond acceptors (Lipinski definition) is 0. The van der Waals surface area contributed by atoms with E-state index in [1.54, 1.807) is 0 Å². The molecule has 0 saturated heterocycles. The summed E-state index contributed by atoms with van der Waals surface area (Å²) in [6.45, 7) is 0. The first-order chi connectivity index (χ1) is 0. The second kappa shape index (κ2) is 19.0. The fourth-order valence-corrected chi connectivity index (χ4v) is 0. The van der Waals surface area contributed by atoms with Crippen LogP contribution in [0.2, 0.25) is 0 Å². The minimum absolute atomic E-state index is 0. The molecule has 0 aliphatic carbocycles. The maximum Gasteiger partial charge on any atom is 0 e. The molecule has 0 amide bonds. The Hall–Kier alpha value is 2.19. The average molecular weight is 176 g/mol. The van der Waals surface area contributed by atoms with Crippen molar-refractivity contribution in [2.24, 2.45) is 0 Å². The summed E-state index contributed by atoms with van der Waals surface area (Å²) >= 11 is 0. The van der Waals surface area contributed by atoms with Crippen LogP contribution in [0, 0.1) is 0 Å². The van der Waals surface area contributed by atoms with Crippen molar-refractivity contribution in [1.29, 1.82) is 0 Å². The molecular formula is Co2LiV. The molecule has 4 radical (unpaired) electrons. The van der Waals surface area contributed by atoms with Gasteiger partial charge in [0.05, 0.1) is 0 Å². The van der Waals surface area contributed by atoms with Crippen LogP contribution in [0.4, 0.5) is 0 Å². The van der Waals surface area contributed by atoms with Gasteiger partial charge in [-0.15, -0.1) is 0 Å². The van der Waals surface area contributed by atoms with E-state index in [0.717, 1.165) is 0 Å². The minimum atomic E-state index is 0. The van der Waals surface area contributed by atoms with Crippen molar-refractivity contribution >= 4 is 18.9 Å². The molecule has 0 aromatic heterocycles. The van der Waals surface area contributed by atoms with Crippen molar-refractivity contribution < 1.29 is 52.1 Å². The van der Waals surface area contributed by atoms with Gasteiger partial charge in [-0.1, -0.05) is 0 Å². The monoisotopic (exact) mass is 176 g/mol. The van der Waals surface area contributed by atoms with Gasteiger partial charge in [0.1, 0.15) is 0 Å². The quantitative estimate of drug-likeness (QED) is 0.441. The van der Waals surface area contributed by atoms with Crippen molar-refractivity contribution in [3.05, 3.63) is 0 Å². The summed E-state index contributed by atoms with van der Waals surface area (Å²) in [4.78, 5) is 0. The van der Waals surface area contributed by atoms with Gasteiger partial charge in [0.15, 0.2) is 0 Å². The van der Waals surface area contributed by atoms with Crippen LogP contribution in [0.1, 0.15) is 0 Å². The Balaban J connectivity index is 0. The number of rotatable bonds is 0. The van der Waals surface area contributed by atoms with E-state index in [-0.39, 0.29) is 71.0 Å². The third-order valence-electron chi connectivity index (χ3n) is 0. The Morgan fingerprint density at radius 3 is 0.750 bits per heavy atom. The summed E-state index contributed by atoms with van der Waals surface area (Å²) in [5.41, 5.74) is 0. The zero-order valence-corrected chi connectivity index (χ0v) is 5.59. The van der Waals surface area contributed by atoms with Crippen LogP contribution in [0.25, 0.3) is 0 Å². The predicted molar refractivity (Wildman–Crippen MR) is 5.75 cm³/mol. The summed E-state index contributed by atoms with van der Waals surface area (Å²) in [5, 5.41) is 0. The molecule has 0 N–H and O–H groups in total.